The van der Waals surface area contributed by atoms with Crippen molar-refractivity contribution in [1.29, 1.82) is 0 Å². The molecule has 1 aliphatic heterocycles. The standard InChI is InChI=1S/C15H18N2O2/c1-2-17(11-12-6-4-3-5-7-12)14-10-13(15(18)19)8-9-16-14/h3-10,14,16H,2,11H2,1H3,(H,18,19). The van der Waals surface area contributed by atoms with Crippen molar-refractivity contribution in [2.75, 3.05) is 6.54 Å². The zero-order valence-corrected chi connectivity index (χ0v) is 10.9. The summed E-state index contributed by atoms with van der Waals surface area (Å²) in [4.78, 5) is 13.2. The number of hydrogen-bond acceptors (Lipinski definition) is 3. The molecule has 1 aliphatic rings. The van der Waals surface area contributed by atoms with E-state index in [1.165, 1.54) is 5.56 Å². The molecule has 0 aromatic heterocycles. The van der Waals surface area contributed by atoms with Crippen LogP contribution in [0.5, 0.6) is 0 Å². The van der Waals surface area contributed by atoms with Gasteiger partial charge >= 0.3 is 5.97 Å². The van der Waals surface area contributed by atoms with Crippen LogP contribution in [0.1, 0.15) is 12.5 Å². The fourth-order valence-corrected chi connectivity index (χ4v) is 2.09. The Morgan fingerprint density at radius 1 is 1.37 bits per heavy atom. The van der Waals surface area contributed by atoms with E-state index in [2.05, 4.69) is 29.3 Å². The van der Waals surface area contributed by atoms with Crippen LogP contribution in [0.2, 0.25) is 0 Å². The largest absolute Gasteiger partial charge is 0.478 e. The Morgan fingerprint density at radius 2 is 2.11 bits per heavy atom. The summed E-state index contributed by atoms with van der Waals surface area (Å²) in [6, 6.07) is 10.2. The molecule has 0 saturated heterocycles. The number of dihydropyridines is 1. The van der Waals surface area contributed by atoms with E-state index in [4.69, 9.17) is 5.11 Å². The molecule has 1 heterocycles. The van der Waals surface area contributed by atoms with E-state index in [1.807, 2.05) is 18.2 Å². The van der Waals surface area contributed by atoms with Gasteiger partial charge in [0.25, 0.3) is 0 Å². The van der Waals surface area contributed by atoms with Gasteiger partial charge in [0.15, 0.2) is 0 Å². The summed E-state index contributed by atoms with van der Waals surface area (Å²) in [6.07, 6.45) is 4.94. The Morgan fingerprint density at radius 3 is 2.74 bits per heavy atom. The molecule has 0 spiro atoms. The molecule has 100 valence electrons. The summed E-state index contributed by atoms with van der Waals surface area (Å²) in [5.41, 5.74) is 1.54. The van der Waals surface area contributed by atoms with Crippen molar-refractivity contribution in [3.05, 3.63) is 59.8 Å². The quantitative estimate of drug-likeness (QED) is 0.847. The Kier molecular flexibility index (Phi) is 4.36. The summed E-state index contributed by atoms with van der Waals surface area (Å²) < 4.78 is 0. The lowest BCUT2D eigenvalue weighted by molar-refractivity contribution is -0.132. The van der Waals surface area contributed by atoms with Gasteiger partial charge < -0.3 is 10.4 Å². The fraction of sp³-hybridized carbons (Fsp3) is 0.267. The van der Waals surface area contributed by atoms with Crippen LogP contribution in [0.25, 0.3) is 0 Å². The first-order valence-electron chi connectivity index (χ1n) is 6.36. The number of aliphatic carboxylic acids is 1. The number of hydrogen-bond donors (Lipinski definition) is 2. The zero-order chi connectivity index (χ0) is 13.7. The molecule has 2 N–H and O–H groups in total. The third-order valence-electron chi connectivity index (χ3n) is 3.14. The number of nitrogens with one attached hydrogen (secondary N) is 1. The molecule has 0 radical (unpaired) electrons. The van der Waals surface area contributed by atoms with Crippen LogP contribution in [-0.2, 0) is 11.3 Å². The number of benzene rings is 1. The van der Waals surface area contributed by atoms with Gasteiger partial charge in [-0.15, -0.1) is 0 Å². The molecular formula is C15H18N2O2. The summed E-state index contributed by atoms with van der Waals surface area (Å²) in [7, 11) is 0. The van der Waals surface area contributed by atoms with E-state index in [0.29, 0.717) is 5.57 Å². The van der Waals surface area contributed by atoms with Gasteiger partial charge in [-0.1, -0.05) is 37.3 Å². The van der Waals surface area contributed by atoms with Crippen molar-refractivity contribution in [1.82, 2.24) is 10.2 Å². The Bertz CT molecular complexity index is 494. The maximum absolute atomic E-state index is 11.0. The lowest BCUT2D eigenvalue weighted by atomic mass is 10.1. The van der Waals surface area contributed by atoms with E-state index in [-0.39, 0.29) is 6.17 Å². The minimum Gasteiger partial charge on any atom is -0.478 e. The van der Waals surface area contributed by atoms with Crippen molar-refractivity contribution in [3.8, 4) is 0 Å². The van der Waals surface area contributed by atoms with Crippen LogP contribution in [-0.4, -0.2) is 28.7 Å². The SMILES string of the molecule is CCN(Cc1ccccc1)C1C=C(C(=O)O)C=CN1. The van der Waals surface area contributed by atoms with E-state index in [9.17, 15) is 4.79 Å². The number of carboxylic acid groups (broad SMARTS) is 1. The lowest BCUT2D eigenvalue weighted by Crippen LogP contribution is -2.43. The summed E-state index contributed by atoms with van der Waals surface area (Å²) >= 11 is 0. The van der Waals surface area contributed by atoms with Crippen molar-refractivity contribution in [3.63, 3.8) is 0 Å². The highest BCUT2D eigenvalue weighted by atomic mass is 16.4. The Balaban J connectivity index is 2.10. The smallest absolute Gasteiger partial charge is 0.335 e. The van der Waals surface area contributed by atoms with Crippen molar-refractivity contribution >= 4 is 5.97 Å². The van der Waals surface area contributed by atoms with Gasteiger partial charge in [0.1, 0.15) is 0 Å². The average Bonchev–Trinajstić information content (AvgIpc) is 2.46. The number of rotatable bonds is 5. The van der Waals surface area contributed by atoms with Crippen LogP contribution < -0.4 is 5.32 Å². The Hall–Kier alpha value is -2.07. The maximum atomic E-state index is 11.0. The predicted molar refractivity (Wildman–Crippen MR) is 74.3 cm³/mol. The van der Waals surface area contributed by atoms with E-state index in [0.717, 1.165) is 13.1 Å². The van der Waals surface area contributed by atoms with Gasteiger partial charge in [-0.05, 0) is 30.5 Å². The number of carboxylic acids is 1. The molecule has 0 aliphatic carbocycles. The zero-order valence-electron chi connectivity index (χ0n) is 10.9. The van der Waals surface area contributed by atoms with Gasteiger partial charge in [0, 0.05) is 6.54 Å². The van der Waals surface area contributed by atoms with Crippen LogP contribution >= 0.6 is 0 Å². The summed E-state index contributed by atoms with van der Waals surface area (Å²) in [5, 5.41) is 12.2. The van der Waals surface area contributed by atoms with E-state index >= 15 is 0 Å². The molecule has 2 rings (SSSR count). The molecule has 1 aromatic carbocycles. The molecule has 1 aromatic rings. The van der Waals surface area contributed by atoms with Gasteiger partial charge in [-0.3, -0.25) is 4.90 Å². The van der Waals surface area contributed by atoms with Gasteiger partial charge in [-0.25, -0.2) is 4.79 Å². The van der Waals surface area contributed by atoms with Crippen molar-refractivity contribution in [2.45, 2.75) is 19.6 Å². The first-order chi connectivity index (χ1) is 9.20. The van der Waals surface area contributed by atoms with Crippen molar-refractivity contribution < 1.29 is 9.90 Å². The minimum absolute atomic E-state index is 0.0821. The lowest BCUT2D eigenvalue weighted by Gasteiger charge is -2.30. The third kappa shape index (κ3) is 3.45. The average molecular weight is 258 g/mol. The van der Waals surface area contributed by atoms with Crippen molar-refractivity contribution in [2.24, 2.45) is 0 Å². The van der Waals surface area contributed by atoms with Gasteiger partial charge in [0.2, 0.25) is 0 Å². The second-order valence-electron chi connectivity index (χ2n) is 4.42. The molecule has 0 saturated carbocycles. The van der Waals surface area contributed by atoms with Gasteiger partial charge in [0.05, 0.1) is 11.7 Å². The van der Waals surface area contributed by atoms with E-state index in [1.54, 1.807) is 18.4 Å². The number of nitrogens with zero attached hydrogens (tertiary/aromatic N) is 1. The predicted octanol–water partition coefficient (Wildman–Crippen LogP) is 1.96. The molecule has 1 atom stereocenters. The maximum Gasteiger partial charge on any atom is 0.335 e. The summed E-state index contributed by atoms with van der Waals surface area (Å²) in [5.74, 6) is -0.890. The summed E-state index contributed by atoms with van der Waals surface area (Å²) in [6.45, 7) is 3.69. The second-order valence-corrected chi connectivity index (χ2v) is 4.42. The first-order valence-corrected chi connectivity index (χ1v) is 6.36. The van der Waals surface area contributed by atoms with Crippen LogP contribution in [0.15, 0.2) is 54.3 Å². The molecule has 4 heteroatoms. The number of likely N-dealkylation sites (N-methyl/N-ethyl adjacent to an activating group) is 1. The monoisotopic (exact) mass is 258 g/mol. The van der Waals surface area contributed by atoms with Gasteiger partial charge in [-0.2, -0.15) is 0 Å². The topological polar surface area (TPSA) is 52.6 Å². The number of carbonyl (C=O) groups is 1. The normalized spacial score (nSPS) is 18.0. The van der Waals surface area contributed by atoms with Crippen LogP contribution in [0.4, 0.5) is 0 Å². The fourth-order valence-electron chi connectivity index (χ4n) is 2.09. The highest BCUT2D eigenvalue weighted by Gasteiger charge is 2.18. The molecule has 0 amide bonds. The highest BCUT2D eigenvalue weighted by molar-refractivity contribution is 5.90. The molecular weight excluding hydrogens is 240 g/mol. The van der Waals surface area contributed by atoms with Crippen LogP contribution in [0.3, 0.4) is 0 Å². The molecule has 19 heavy (non-hydrogen) atoms. The molecule has 0 fully saturated rings. The second kappa shape index (κ2) is 6.20. The Labute approximate surface area is 113 Å². The minimum atomic E-state index is -0.890. The highest BCUT2D eigenvalue weighted by Crippen LogP contribution is 2.12. The van der Waals surface area contributed by atoms with Crippen LogP contribution in [0, 0.1) is 0 Å². The molecule has 0 bridgehead atoms. The first kappa shape index (κ1) is 13.4. The molecule has 4 nitrogen and oxygen atoms in total. The molecule has 1 unspecified atom stereocenters. The third-order valence-corrected chi connectivity index (χ3v) is 3.14. The van der Waals surface area contributed by atoms with E-state index < -0.39 is 5.97 Å².